The maximum Gasteiger partial charge on any atom is 0.225 e. The van der Waals surface area contributed by atoms with E-state index in [1.807, 2.05) is 4.90 Å². The first-order chi connectivity index (χ1) is 7.20. The van der Waals surface area contributed by atoms with E-state index in [0.717, 1.165) is 25.9 Å². The Morgan fingerprint density at radius 1 is 1.47 bits per heavy atom. The smallest absolute Gasteiger partial charge is 0.225 e. The lowest BCUT2D eigenvalue weighted by Gasteiger charge is -2.25. The third-order valence-corrected chi connectivity index (χ3v) is 3.21. The zero-order chi connectivity index (χ0) is 11.3. The molecule has 0 radical (unpaired) electrons. The van der Waals surface area contributed by atoms with Gasteiger partial charge in [0.15, 0.2) is 0 Å². The summed E-state index contributed by atoms with van der Waals surface area (Å²) in [5, 5.41) is 0. The lowest BCUT2D eigenvalue weighted by Crippen LogP contribution is -2.39. The molecule has 0 bridgehead atoms. The van der Waals surface area contributed by atoms with Gasteiger partial charge in [0.05, 0.1) is 0 Å². The van der Waals surface area contributed by atoms with Gasteiger partial charge in [-0.3, -0.25) is 4.79 Å². The van der Waals surface area contributed by atoms with Crippen LogP contribution in [-0.2, 0) is 4.79 Å². The summed E-state index contributed by atoms with van der Waals surface area (Å²) in [6, 6.07) is 0. The van der Waals surface area contributed by atoms with Gasteiger partial charge >= 0.3 is 0 Å². The van der Waals surface area contributed by atoms with Crippen molar-refractivity contribution in [2.45, 2.75) is 39.5 Å². The first kappa shape index (κ1) is 12.5. The standard InChI is InChI=1S/C12H24N2O/c1-3-4-8-14(9-7-13)12(15)10(2)11-5-6-11/h10-11H,3-9,13H2,1-2H3. The fraction of sp³-hybridized carbons (Fsp3) is 0.917. The third-order valence-electron chi connectivity index (χ3n) is 3.21. The topological polar surface area (TPSA) is 46.3 Å². The second-order valence-electron chi connectivity index (χ2n) is 4.59. The summed E-state index contributed by atoms with van der Waals surface area (Å²) >= 11 is 0. The van der Waals surface area contributed by atoms with Crippen molar-refractivity contribution in [3.05, 3.63) is 0 Å². The number of nitrogens with two attached hydrogens (primary N) is 1. The summed E-state index contributed by atoms with van der Waals surface area (Å²) in [5.41, 5.74) is 5.54. The summed E-state index contributed by atoms with van der Waals surface area (Å²) < 4.78 is 0. The largest absolute Gasteiger partial charge is 0.341 e. The molecule has 1 aliphatic carbocycles. The number of rotatable bonds is 7. The fourth-order valence-corrected chi connectivity index (χ4v) is 1.92. The van der Waals surface area contributed by atoms with Crippen LogP contribution in [0.25, 0.3) is 0 Å². The van der Waals surface area contributed by atoms with Gasteiger partial charge in [-0.25, -0.2) is 0 Å². The summed E-state index contributed by atoms with van der Waals surface area (Å²) in [4.78, 5) is 14.0. The van der Waals surface area contributed by atoms with Crippen molar-refractivity contribution in [1.82, 2.24) is 4.90 Å². The number of hydrogen-bond acceptors (Lipinski definition) is 2. The Kier molecular flexibility index (Phi) is 5.09. The van der Waals surface area contributed by atoms with E-state index >= 15 is 0 Å². The molecule has 1 saturated carbocycles. The molecule has 0 aromatic rings. The summed E-state index contributed by atoms with van der Waals surface area (Å²) in [6.07, 6.45) is 4.68. The van der Waals surface area contributed by atoms with E-state index in [9.17, 15) is 4.79 Å². The van der Waals surface area contributed by atoms with Crippen LogP contribution in [0.1, 0.15) is 39.5 Å². The van der Waals surface area contributed by atoms with Crippen molar-refractivity contribution in [3.63, 3.8) is 0 Å². The molecule has 0 aromatic heterocycles. The van der Waals surface area contributed by atoms with Gasteiger partial charge < -0.3 is 10.6 Å². The van der Waals surface area contributed by atoms with Crippen molar-refractivity contribution in [2.75, 3.05) is 19.6 Å². The lowest BCUT2D eigenvalue weighted by atomic mass is 10.0. The molecule has 1 rings (SSSR count). The zero-order valence-corrected chi connectivity index (χ0v) is 10.0. The molecule has 88 valence electrons. The van der Waals surface area contributed by atoms with Crippen LogP contribution in [0.4, 0.5) is 0 Å². The monoisotopic (exact) mass is 212 g/mol. The van der Waals surface area contributed by atoms with Crippen LogP contribution in [0.15, 0.2) is 0 Å². The number of nitrogens with zero attached hydrogens (tertiary/aromatic N) is 1. The molecule has 0 saturated heterocycles. The van der Waals surface area contributed by atoms with Gasteiger partial charge in [-0.15, -0.1) is 0 Å². The number of amides is 1. The van der Waals surface area contributed by atoms with Crippen LogP contribution in [0.3, 0.4) is 0 Å². The first-order valence-corrected chi connectivity index (χ1v) is 6.19. The van der Waals surface area contributed by atoms with E-state index in [1.165, 1.54) is 12.8 Å². The van der Waals surface area contributed by atoms with Crippen LogP contribution in [0, 0.1) is 11.8 Å². The summed E-state index contributed by atoms with van der Waals surface area (Å²) in [6.45, 7) is 6.39. The minimum absolute atomic E-state index is 0.216. The molecule has 1 amide bonds. The number of carbonyl (C=O) groups excluding carboxylic acids is 1. The Bertz CT molecular complexity index is 202. The molecule has 3 heteroatoms. The Balaban J connectivity index is 2.41. The second-order valence-corrected chi connectivity index (χ2v) is 4.59. The quantitative estimate of drug-likeness (QED) is 0.697. The van der Waals surface area contributed by atoms with Crippen molar-refractivity contribution in [2.24, 2.45) is 17.6 Å². The van der Waals surface area contributed by atoms with Gasteiger partial charge in [-0.1, -0.05) is 20.3 Å². The number of carbonyl (C=O) groups is 1. The van der Waals surface area contributed by atoms with Crippen LogP contribution in [0.2, 0.25) is 0 Å². The number of unbranched alkanes of at least 4 members (excludes halogenated alkanes) is 1. The van der Waals surface area contributed by atoms with E-state index in [-0.39, 0.29) is 5.92 Å². The molecular weight excluding hydrogens is 188 g/mol. The molecule has 1 atom stereocenters. The van der Waals surface area contributed by atoms with Crippen molar-refractivity contribution < 1.29 is 4.79 Å². The van der Waals surface area contributed by atoms with Crippen LogP contribution >= 0.6 is 0 Å². The lowest BCUT2D eigenvalue weighted by molar-refractivity contribution is -0.135. The maximum atomic E-state index is 12.1. The maximum absolute atomic E-state index is 12.1. The average Bonchev–Trinajstić information content (AvgIpc) is 3.05. The van der Waals surface area contributed by atoms with Gasteiger partial charge in [-0.2, -0.15) is 0 Å². The highest BCUT2D eigenvalue weighted by molar-refractivity contribution is 5.79. The molecule has 0 heterocycles. The van der Waals surface area contributed by atoms with Gasteiger partial charge in [-0.05, 0) is 25.2 Å². The highest BCUT2D eigenvalue weighted by Crippen LogP contribution is 2.37. The Hall–Kier alpha value is -0.570. The van der Waals surface area contributed by atoms with Crippen LogP contribution in [-0.4, -0.2) is 30.4 Å². The second kappa shape index (κ2) is 6.11. The van der Waals surface area contributed by atoms with Gasteiger partial charge in [0.25, 0.3) is 0 Å². The highest BCUT2D eigenvalue weighted by atomic mass is 16.2. The Morgan fingerprint density at radius 3 is 2.60 bits per heavy atom. The molecular formula is C12H24N2O. The SMILES string of the molecule is CCCCN(CCN)C(=O)C(C)C1CC1. The Labute approximate surface area is 93.0 Å². The normalized spacial score (nSPS) is 17.5. The molecule has 3 nitrogen and oxygen atoms in total. The van der Waals surface area contributed by atoms with E-state index in [4.69, 9.17) is 5.73 Å². The predicted molar refractivity (Wildman–Crippen MR) is 62.4 cm³/mol. The molecule has 1 aliphatic rings. The van der Waals surface area contributed by atoms with Crippen molar-refractivity contribution in [3.8, 4) is 0 Å². The van der Waals surface area contributed by atoms with E-state index in [0.29, 0.717) is 18.4 Å². The van der Waals surface area contributed by atoms with Gasteiger partial charge in [0.1, 0.15) is 0 Å². The van der Waals surface area contributed by atoms with E-state index in [2.05, 4.69) is 13.8 Å². The first-order valence-electron chi connectivity index (χ1n) is 6.19. The molecule has 0 aromatic carbocycles. The third kappa shape index (κ3) is 3.82. The highest BCUT2D eigenvalue weighted by Gasteiger charge is 2.34. The van der Waals surface area contributed by atoms with Crippen LogP contribution in [0.5, 0.6) is 0 Å². The van der Waals surface area contributed by atoms with Gasteiger partial charge in [0, 0.05) is 25.6 Å². The molecule has 2 N–H and O–H groups in total. The average molecular weight is 212 g/mol. The number of hydrogen-bond donors (Lipinski definition) is 1. The van der Waals surface area contributed by atoms with Crippen LogP contribution < -0.4 is 5.73 Å². The minimum atomic E-state index is 0.216. The molecule has 15 heavy (non-hydrogen) atoms. The van der Waals surface area contributed by atoms with Crippen molar-refractivity contribution >= 4 is 5.91 Å². The summed E-state index contributed by atoms with van der Waals surface area (Å²) in [7, 11) is 0. The minimum Gasteiger partial charge on any atom is -0.341 e. The van der Waals surface area contributed by atoms with E-state index in [1.54, 1.807) is 0 Å². The van der Waals surface area contributed by atoms with Gasteiger partial charge in [0.2, 0.25) is 5.91 Å². The predicted octanol–water partition coefficient (Wildman–Crippen LogP) is 1.62. The van der Waals surface area contributed by atoms with E-state index < -0.39 is 0 Å². The van der Waals surface area contributed by atoms with Crippen molar-refractivity contribution in [1.29, 1.82) is 0 Å². The molecule has 1 fully saturated rings. The molecule has 0 aliphatic heterocycles. The summed E-state index contributed by atoms with van der Waals surface area (Å²) in [5.74, 6) is 1.18. The molecule has 0 spiro atoms. The Morgan fingerprint density at radius 2 is 2.13 bits per heavy atom. The zero-order valence-electron chi connectivity index (χ0n) is 10.0. The fourth-order valence-electron chi connectivity index (χ4n) is 1.92. The molecule has 1 unspecified atom stereocenters.